The molecule has 0 bridgehead atoms. The molecule has 2 N–H and O–H groups in total. The van der Waals surface area contributed by atoms with Gasteiger partial charge in [0, 0.05) is 17.6 Å². The van der Waals surface area contributed by atoms with E-state index in [1.807, 2.05) is 0 Å². The van der Waals surface area contributed by atoms with Crippen LogP contribution in [-0.4, -0.2) is 19.7 Å². The molecule has 0 spiro atoms. The van der Waals surface area contributed by atoms with Crippen molar-refractivity contribution in [1.82, 2.24) is 19.7 Å². The molecule has 0 radical (unpaired) electrons. The number of pyridine rings is 1. The molecular formula is C12H11ClFN5. The largest absolute Gasteiger partial charge is 0.324 e. The summed E-state index contributed by atoms with van der Waals surface area (Å²) >= 11 is 0. The van der Waals surface area contributed by atoms with Crippen molar-refractivity contribution in [2.45, 2.75) is 6.54 Å². The Morgan fingerprint density at radius 3 is 2.89 bits per heavy atom. The van der Waals surface area contributed by atoms with E-state index in [1.54, 1.807) is 24.4 Å². The number of halogens is 2. The van der Waals surface area contributed by atoms with Gasteiger partial charge in [0.25, 0.3) is 0 Å². The Morgan fingerprint density at radius 2 is 2.11 bits per heavy atom. The van der Waals surface area contributed by atoms with Crippen molar-refractivity contribution in [3.8, 4) is 5.69 Å². The minimum absolute atomic E-state index is 0. The van der Waals surface area contributed by atoms with E-state index in [0.717, 1.165) is 0 Å². The summed E-state index contributed by atoms with van der Waals surface area (Å²) in [5.74, 6) is 0.235. The van der Waals surface area contributed by atoms with E-state index in [1.165, 1.54) is 17.1 Å². The summed E-state index contributed by atoms with van der Waals surface area (Å²) in [5, 5.41) is 4.52. The summed E-state index contributed by atoms with van der Waals surface area (Å²) in [4.78, 5) is 8.14. The van der Waals surface area contributed by atoms with E-state index < -0.39 is 0 Å². The van der Waals surface area contributed by atoms with Gasteiger partial charge in [-0.25, -0.2) is 14.1 Å². The fraction of sp³-hybridized carbons (Fsp3) is 0.0833. The van der Waals surface area contributed by atoms with Crippen molar-refractivity contribution in [3.63, 3.8) is 0 Å². The quantitative estimate of drug-likeness (QED) is 0.777. The van der Waals surface area contributed by atoms with Crippen LogP contribution in [0.15, 0.2) is 36.8 Å². The zero-order valence-electron chi connectivity index (χ0n) is 9.82. The third-order valence-corrected chi connectivity index (χ3v) is 2.70. The fourth-order valence-electron chi connectivity index (χ4n) is 1.87. The highest BCUT2D eigenvalue weighted by Gasteiger charge is 2.09. The number of nitrogens with zero attached hydrogens (tertiary/aromatic N) is 4. The van der Waals surface area contributed by atoms with Crippen LogP contribution in [0, 0.1) is 5.82 Å². The minimum atomic E-state index is -0.339. The summed E-state index contributed by atoms with van der Waals surface area (Å²) in [6, 6.07) is 6.54. The average Bonchev–Trinajstić information content (AvgIpc) is 2.87. The van der Waals surface area contributed by atoms with Crippen LogP contribution in [0.1, 0.15) is 5.82 Å². The molecule has 0 atom stereocenters. The van der Waals surface area contributed by atoms with Gasteiger partial charge in [-0.1, -0.05) is 0 Å². The zero-order chi connectivity index (χ0) is 12.5. The van der Waals surface area contributed by atoms with Crippen LogP contribution in [0.2, 0.25) is 0 Å². The smallest absolute Gasteiger partial charge is 0.145 e. The summed E-state index contributed by atoms with van der Waals surface area (Å²) < 4.78 is 15.5. The maximum atomic E-state index is 13.9. The topological polar surface area (TPSA) is 69.6 Å². The van der Waals surface area contributed by atoms with Crippen LogP contribution in [0.3, 0.4) is 0 Å². The highest BCUT2D eigenvalue weighted by atomic mass is 35.5. The van der Waals surface area contributed by atoms with Gasteiger partial charge in [-0.15, -0.1) is 12.4 Å². The van der Waals surface area contributed by atoms with Gasteiger partial charge in [0.15, 0.2) is 0 Å². The Balaban J connectivity index is 0.00000133. The summed E-state index contributed by atoms with van der Waals surface area (Å²) in [6.07, 6.45) is 3.01. The second-order valence-corrected chi connectivity index (χ2v) is 3.79. The van der Waals surface area contributed by atoms with Crippen LogP contribution in [0.25, 0.3) is 16.6 Å². The van der Waals surface area contributed by atoms with E-state index in [0.29, 0.717) is 22.4 Å². The van der Waals surface area contributed by atoms with Crippen molar-refractivity contribution in [1.29, 1.82) is 0 Å². The number of rotatable bonds is 2. The van der Waals surface area contributed by atoms with Crippen molar-refractivity contribution < 1.29 is 4.39 Å². The van der Waals surface area contributed by atoms with Gasteiger partial charge in [0.05, 0.1) is 17.7 Å². The van der Waals surface area contributed by atoms with E-state index in [-0.39, 0.29) is 24.8 Å². The Morgan fingerprint density at radius 1 is 1.26 bits per heavy atom. The first-order valence-corrected chi connectivity index (χ1v) is 5.43. The molecule has 0 saturated carbocycles. The number of hydrogen-bond donors (Lipinski definition) is 1. The summed E-state index contributed by atoms with van der Waals surface area (Å²) in [5.41, 5.74) is 6.69. The standard InChI is InChI=1S/C12H10FN5.ClH/c13-10-4-8(18-12(6-14)16-7-17-18)5-11-9(10)2-1-3-15-11;/h1-5,7H,6,14H2;1H. The lowest BCUT2D eigenvalue weighted by atomic mass is 10.2. The Bertz CT molecular complexity index is 712. The SMILES string of the molecule is Cl.NCc1ncnn1-c1cc(F)c2cccnc2c1. The lowest BCUT2D eigenvalue weighted by Crippen LogP contribution is -2.08. The van der Waals surface area contributed by atoms with E-state index in [4.69, 9.17) is 5.73 Å². The first-order valence-electron chi connectivity index (χ1n) is 5.43. The Hall–Kier alpha value is -2.05. The fourth-order valence-corrected chi connectivity index (χ4v) is 1.87. The Kier molecular flexibility index (Phi) is 3.73. The van der Waals surface area contributed by atoms with Gasteiger partial charge in [-0.05, 0) is 18.2 Å². The molecule has 5 nitrogen and oxygen atoms in total. The van der Waals surface area contributed by atoms with Crippen LogP contribution in [0.4, 0.5) is 4.39 Å². The molecule has 0 fully saturated rings. The van der Waals surface area contributed by atoms with Crippen molar-refractivity contribution in [2.24, 2.45) is 5.73 Å². The average molecular weight is 280 g/mol. The van der Waals surface area contributed by atoms with Crippen LogP contribution < -0.4 is 5.73 Å². The van der Waals surface area contributed by atoms with E-state index in [9.17, 15) is 4.39 Å². The van der Waals surface area contributed by atoms with E-state index >= 15 is 0 Å². The molecule has 0 aliphatic rings. The highest BCUT2D eigenvalue weighted by molar-refractivity contribution is 5.85. The molecule has 98 valence electrons. The predicted molar refractivity (Wildman–Crippen MR) is 71.8 cm³/mol. The molecule has 0 unspecified atom stereocenters. The molecule has 0 saturated heterocycles. The highest BCUT2D eigenvalue weighted by Crippen LogP contribution is 2.20. The lowest BCUT2D eigenvalue weighted by Gasteiger charge is -2.06. The molecule has 0 amide bonds. The molecule has 2 aromatic heterocycles. The molecule has 3 aromatic rings. The second-order valence-electron chi connectivity index (χ2n) is 3.79. The van der Waals surface area contributed by atoms with Gasteiger partial charge < -0.3 is 5.73 Å². The Labute approximate surface area is 114 Å². The maximum Gasteiger partial charge on any atom is 0.145 e. The zero-order valence-corrected chi connectivity index (χ0v) is 10.6. The van der Waals surface area contributed by atoms with Gasteiger partial charge in [-0.3, -0.25) is 4.98 Å². The van der Waals surface area contributed by atoms with Gasteiger partial charge in [0.2, 0.25) is 0 Å². The minimum Gasteiger partial charge on any atom is -0.324 e. The van der Waals surface area contributed by atoms with Gasteiger partial charge >= 0.3 is 0 Å². The van der Waals surface area contributed by atoms with Crippen molar-refractivity contribution in [3.05, 3.63) is 48.4 Å². The molecule has 2 heterocycles. The number of aromatic nitrogens is 4. The predicted octanol–water partition coefficient (Wildman–Crippen LogP) is 1.84. The second kappa shape index (κ2) is 5.29. The maximum absolute atomic E-state index is 13.9. The van der Waals surface area contributed by atoms with Gasteiger partial charge in [0.1, 0.15) is 18.0 Å². The first-order chi connectivity index (χ1) is 8.79. The third kappa shape index (κ3) is 2.27. The normalized spacial score (nSPS) is 10.4. The molecule has 0 aliphatic carbocycles. The summed E-state index contributed by atoms with van der Waals surface area (Å²) in [6.45, 7) is 0.238. The molecule has 7 heteroatoms. The summed E-state index contributed by atoms with van der Waals surface area (Å²) in [7, 11) is 0. The van der Waals surface area contributed by atoms with Gasteiger partial charge in [-0.2, -0.15) is 5.10 Å². The monoisotopic (exact) mass is 279 g/mol. The molecule has 19 heavy (non-hydrogen) atoms. The van der Waals surface area contributed by atoms with Crippen LogP contribution in [-0.2, 0) is 6.54 Å². The first kappa shape index (κ1) is 13.4. The number of benzene rings is 1. The third-order valence-electron chi connectivity index (χ3n) is 2.70. The number of nitrogens with two attached hydrogens (primary N) is 1. The molecule has 3 rings (SSSR count). The number of fused-ring (bicyclic) bond motifs is 1. The van der Waals surface area contributed by atoms with Crippen molar-refractivity contribution >= 4 is 23.3 Å². The van der Waals surface area contributed by atoms with Crippen molar-refractivity contribution in [2.75, 3.05) is 0 Å². The number of hydrogen-bond acceptors (Lipinski definition) is 4. The van der Waals surface area contributed by atoms with Crippen LogP contribution >= 0.6 is 12.4 Å². The lowest BCUT2D eigenvalue weighted by molar-refractivity contribution is 0.636. The molecule has 0 aliphatic heterocycles. The van der Waals surface area contributed by atoms with Crippen LogP contribution in [0.5, 0.6) is 0 Å². The van der Waals surface area contributed by atoms with E-state index in [2.05, 4.69) is 15.1 Å². The molecular weight excluding hydrogens is 269 g/mol. The molecule has 1 aromatic carbocycles.